The molecule has 0 amide bonds. The van der Waals surface area contributed by atoms with Crippen LogP contribution in [0.3, 0.4) is 0 Å². The monoisotopic (exact) mass is 223 g/mol. The van der Waals surface area contributed by atoms with Gasteiger partial charge in [-0.25, -0.2) is 0 Å². The predicted octanol–water partition coefficient (Wildman–Crippen LogP) is 2.33. The SMILES string of the molecule is COc1cc(OC)cc(C(C)(C)CCN)c1. The average Bonchev–Trinajstić information content (AvgIpc) is 2.28. The van der Waals surface area contributed by atoms with E-state index in [1.165, 1.54) is 5.56 Å². The Morgan fingerprint density at radius 1 is 1.06 bits per heavy atom. The zero-order chi connectivity index (χ0) is 12.2. The van der Waals surface area contributed by atoms with Crippen LogP contribution in [0.2, 0.25) is 0 Å². The normalized spacial score (nSPS) is 11.3. The second-order valence-electron chi connectivity index (χ2n) is 4.52. The molecular weight excluding hydrogens is 202 g/mol. The third-order valence-electron chi connectivity index (χ3n) is 2.90. The lowest BCUT2D eigenvalue weighted by Gasteiger charge is -2.25. The first-order chi connectivity index (χ1) is 7.53. The molecule has 0 unspecified atom stereocenters. The number of rotatable bonds is 5. The maximum Gasteiger partial charge on any atom is 0.122 e. The number of nitrogens with two attached hydrogens (primary N) is 1. The van der Waals surface area contributed by atoms with Crippen molar-refractivity contribution in [1.82, 2.24) is 0 Å². The van der Waals surface area contributed by atoms with Crippen LogP contribution >= 0.6 is 0 Å². The van der Waals surface area contributed by atoms with Crippen LogP contribution in [0, 0.1) is 0 Å². The Labute approximate surface area is 97.6 Å². The Morgan fingerprint density at radius 3 is 1.94 bits per heavy atom. The summed E-state index contributed by atoms with van der Waals surface area (Å²) in [6.45, 7) is 5.02. The van der Waals surface area contributed by atoms with Crippen LogP contribution in [-0.4, -0.2) is 20.8 Å². The van der Waals surface area contributed by atoms with E-state index in [1.807, 2.05) is 18.2 Å². The van der Waals surface area contributed by atoms with Crippen molar-refractivity contribution in [1.29, 1.82) is 0 Å². The van der Waals surface area contributed by atoms with E-state index in [-0.39, 0.29) is 5.41 Å². The van der Waals surface area contributed by atoms with Gasteiger partial charge in [-0.3, -0.25) is 0 Å². The van der Waals surface area contributed by atoms with Gasteiger partial charge in [0, 0.05) is 6.07 Å². The van der Waals surface area contributed by atoms with Crippen LogP contribution in [0.25, 0.3) is 0 Å². The van der Waals surface area contributed by atoms with Gasteiger partial charge in [0.25, 0.3) is 0 Å². The van der Waals surface area contributed by atoms with Crippen LogP contribution in [0.4, 0.5) is 0 Å². The first-order valence-electron chi connectivity index (χ1n) is 5.47. The summed E-state index contributed by atoms with van der Waals surface area (Å²) >= 11 is 0. The van der Waals surface area contributed by atoms with Crippen molar-refractivity contribution in [3.05, 3.63) is 23.8 Å². The van der Waals surface area contributed by atoms with Crippen LogP contribution in [-0.2, 0) is 5.41 Å². The molecule has 16 heavy (non-hydrogen) atoms. The van der Waals surface area contributed by atoms with Gasteiger partial charge >= 0.3 is 0 Å². The molecule has 2 N–H and O–H groups in total. The highest BCUT2D eigenvalue weighted by Gasteiger charge is 2.21. The van der Waals surface area contributed by atoms with Gasteiger partial charge in [-0.2, -0.15) is 0 Å². The molecule has 0 radical (unpaired) electrons. The molecule has 3 heteroatoms. The molecule has 0 fully saturated rings. The summed E-state index contributed by atoms with van der Waals surface area (Å²) in [5.41, 5.74) is 6.86. The molecule has 90 valence electrons. The van der Waals surface area contributed by atoms with Crippen LogP contribution in [0.5, 0.6) is 11.5 Å². The second kappa shape index (κ2) is 5.21. The van der Waals surface area contributed by atoms with Gasteiger partial charge < -0.3 is 15.2 Å². The minimum absolute atomic E-state index is 0.0383. The van der Waals surface area contributed by atoms with E-state index in [0.29, 0.717) is 6.54 Å². The lowest BCUT2D eigenvalue weighted by molar-refractivity contribution is 0.388. The lowest BCUT2D eigenvalue weighted by Crippen LogP contribution is -2.21. The summed E-state index contributed by atoms with van der Waals surface area (Å²) in [7, 11) is 3.32. The molecule has 0 spiro atoms. The Bertz CT molecular complexity index is 326. The van der Waals surface area contributed by atoms with E-state index in [4.69, 9.17) is 15.2 Å². The van der Waals surface area contributed by atoms with Crippen LogP contribution < -0.4 is 15.2 Å². The van der Waals surface area contributed by atoms with E-state index in [2.05, 4.69) is 13.8 Å². The van der Waals surface area contributed by atoms with Gasteiger partial charge in [0.05, 0.1) is 14.2 Å². The zero-order valence-corrected chi connectivity index (χ0v) is 10.5. The zero-order valence-electron chi connectivity index (χ0n) is 10.5. The van der Waals surface area contributed by atoms with Crippen LogP contribution in [0.1, 0.15) is 25.8 Å². The minimum atomic E-state index is 0.0383. The number of benzene rings is 1. The van der Waals surface area contributed by atoms with Crippen molar-refractivity contribution in [2.24, 2.45) is 5.73 Å². The molecule has 0 aromatic heterocycles. The summed E-state index contributed by atoms with van der Waals surface area (Å²) in [6, 6.07) is 5.96. The molecule has 0 aliphatic carbocycles. The minimum Gasteiger partial charge on any atom is -0.497 e. The van der Waals surface area contributed by atoms with Gasteiger partial charge in [0.2, 0.25) is 0 Å². The fourth-order valence-electron chi connectivity index (χ4n) is 1.70. The van der Waals surface area contributed by atoms with Crippen molar-refractivity contribution in [3.8, 4) is 11.5 Å². The summed E-state index contributed by atoms with van der Waals surface area (Å²) in [4.78, 5) is 0. The molecule has 0 heterocycles. The van der Waals surface area contributed by atoms with Gasteiger partial charge in [-0.1, -0.05) is 13.8 Å². The first-order valence-corrected chi connectivity index (χ1v) is 5.47. The summed E-state index contributed by atoms with van der Waals surface area (Å²) in [6.07, 6.45) is 0.934. The molecule has 0 aliphatic rings. The first kappa shape index (κ1) is 12.8. The van der Waals surface area contributed by atoms with Gasteiger partial charge in [0.1, 0.15) is 11.5 Å². The van der Waals surface area contributed by atoms with Crippen LogP contribution in [0.15, 0.2) is 18.2 Å². The Morgan fingerprint density at radius 2 is 1.56 bits per heavy atom. The Kier molecular flexibility index (Phi) is 4.19. The maximum absolute atomic E-state index is 5.63. The van der Waals surface area contributed by atoms with E-state index >= 15 is 0 Å². The topological polar surface area (TPSA) is 44.5 Å². The molecule has 0 atom stereocenters. The van der Waals surface area contributed by atoms with E-state index in [9.17, 15) is 0 Å². The number of methoxy groups -OCH3 is 2. The lowest BCUT2D eigenvalue weighted by atomic mass is 9.81. The third kappa shape index (κ3) is 2.89. The van der Waals surface area contributed by atoms with Gasteiger partial charge in [0.15, 0.2) is 0 Å². The molecular formula is C13H21NO2. The van der Waals surface area contributed by atoms with Crippen molar-refractivity contribution in [2.75, 3.05) is 20.8 Å². The van der Waals surface area contributed by atoms with Gasteiger partial charge in [-0.15, -0.1) is 0 Å². The fourth-order valence-corrected chi connectivity index (χ4v) is 1.70. The largest absolute Gasteiger partial charge is 0.497 e. The molecule has 1 aromatic rings. The van der Waals surface area contributed by atoms with Crippen molar-refractivity contribution in [2.45, 2.75) is 25.7 Å². The van der Waals surface area contributed by atoms with E-state index < -0.39 is 0 Å². The molecule has 0 bridgehead atoms. The number of ether oxygens (including phenoxy) is 2. The maximum atomic E-state index is 5.63. The molecule has 0 saturated heterocycles. The highest BCUT2D eigenvalue weighted by Crippen LogP contribution is 2.32. The van der Waals surface area contributed by atoms with E-state index in [1.54, 1.807) is 14.2 Å². The second-order valence-corrected chi connectivity index (χ2v) is 4.52. The molecule has 1 rings (SSSR count). The van der Waals surface area contributed by atoms with Crippen molar-refractivity contribution < 1.29 is 9.47 Å². The Hall–Kier alpha value is -1.22. The average molecular weight is 223 g/mol. The molecule has 0 saturated carbocycles. The van der Waals surface area contributed by atoms with Gasteiger partial charge in [-0.05, 0) is 36.1 Å². The van der Waals surface area contributed by atoms with Crippen molar-refractivity contribution in [3.63, 3.8) is 0 Å². The molecule has 0 aliphatic heterocycles. The fraction of sp³-hybridized carbons (Fsp3) is 0.538. The Balaban J connectivity index is 3.11. The smallest absolute Gasteiger partial charge is 0.122 e. The molecule has 1 aromatic carbocycles. The summed E-state index contributed by atoms with van der Waals surface area (Å²) < 4.78 is 10.5. The number of hydrogen-bond acceptors (Lipinski definition) is 3. The molecule has 3 nitrogen and oxygen atoms in total. The highest BCUT2D eigenvalue weighted by molar-refractivity contribution is 5.41. The highest BCUT2D eigenvalue weighted by atomic mass is 16.5. The van der Waals surface area contributed by atoms with Crippen molar-refractivity contribution >= 4 is 0 Å². The van der Waals surface area contributed by atoms with E-state index in [0.717, 1.165) is 17.9 Å². The standard InChI is InChI=1S/C13H21NO2/c1-13(2,5-6-14)10-7-11(15-3)9-12(8-10)16-4/h7-9H,5-6,14H2,1-4H3. The summed E-state index contributed by atoms with van der Waals surface area (Å²) in [5, 5.41) is 0. The quantitative estimate of drug-likeness (QED) is 0.833. The number of hydrogen-bond donors (Lipinski definition) is 1. The predicted molar refractivity (Wildman–Crippen MR) is 66.2 cm³/mol. The summed E-state index contributed by atoms with van der Waals surface area (Å²) in [5.74, 6) is 1.64. The third-order valence-corrected chi connectivity index (χ3v) is 2.90.